The summed E-state index contributed by atoms with van der Waals surface area (Å²) < 4.78 is 2.48. The maximum absolute atomic E-state index is 6.32. The number of rotatable bonds is 9. The van der Waals surface area contributed by atoms with Crippen LogP contribution >= 0.6 is 34.5 Å². The maximum atomic E-state index is 6.32. The average Bonchev–Trinajstić information content (AvgIpc) is 3.26. The molecule has 0 amide bonds. The van der Waals surface area contributed by atoms with E-state index >= 15 is 0 Å². The molecule has 180 valence electrons. The predicted molar refractivity (Wildman–Crippen MR) is 153 cm³/mol. The van der Waals surface area contributed by atoms with Gasteiger partial charge < -0.3 is 10.2 Å². The standard InChI is InChI=1S/C28H28Cl2N4S/c1-3-34(4-2)15-8-7-14-31-28-26(32-23-16-21(29)22(30)17-24(23)33-28)20-12-9-11-19-18-10-5-6-13-25(18)35-27(19)20/h5-6,9-13,16-17H,3-4,7-8,14-15H2,1-2H3,(H,31,33). The zero-order valence-corrected chi connectivity index (χ0v) is 22.3. The fourth-order valence-electron chi connectivity index (χ4n) is 4.50. The van der Waals surface area contributed by atoms with Crippen molar-refractivity contribution in [3.8, 4) is 11.3 Å². The molecule has 7 heteroatoms. The van der Waals surface area contributed by atoms with Crippen molar-refractivity contribution in [1.82, 2.24) is 14.9 Å². The molecule has 0 fully saturated rings. The summed E-state index contributed by atoms with van der Waals surface area (Å²) in [6.07, 6.45) is 2.20. The van der Waals surface area contributed by atoms with Gasteiger partial charge in [-0.2, -0.15) is 0 Å². The van der Waals surface area contributed by atoms with Crippen molar-refractivity contribution < 1.29 is 0 Å². The molecule has 5 rings (SSSR count). The van der Waals surface area contributed by atoms with Gasteiger partial charge in [0.25, 0.3) is 0 Å². The third-order valence-electron chi connectivity index (χ3n) is 6.45. The minimum absolute atomic E-state index is 0.483. The predicted octanol–water partition coefficient (Wildman–Crippen LogP) is 8.51. The van der Waals surface area contributed by atoms with E-state index in [1.165, 1.54) is 20.2 Å². The van der Waals surface area contributed by atoms with E-state index in [0.29, 0.717) is 10.0 Å². The van der Waals surface area contributed by atoms with Gasteiger partial charge in [0.05, 0.1) is 21.1 Å². The average molecular weight is 524 g/mol. The summed E-state index contributed by atoms with van der Waals surface area (Å²) in [5, 5.41) is 7.06. The number of anilines is 1. The second-order valence-electron chi connectivity index (χ2n) is 8.62. The quantitative estimate of drug-likeness (QED) is 0.197. The number of nitrogens with zero attached hydrogens (tertiary/aromatic N) is 3. The number of hydrogen-bond donors (Lipinski definition) is 1. The topological polar surface area (TPSA) is 41.0 Å². The van der Waals surface area contributed by atoms with Crippen molar-refractivity contribution in [2.24, 2.45) is 0 Å². The summed E-state index contributed by atoms with van der Waals surface area (Å²) in [6, 6.07) is 18.5. The lowest BCUT2D eigenvalue weighted by atomic mass is 10.1. The van der Waals surface area contributed by atoms with Crippen molar-refractivity contribution in [1.29, 1.82) is 0 Å². The van der Waals surface area contributed by atoms with Gasteiger partial charge in [0.2, 0.25) is 0 Å². The van der Waals surface area contributed by atoms with Crippen LogP contribution in [-0.2, 0) is 0 Å². The number of hydrogen-bond acceptors (Lipinski definition) is 5. The molecular weight excluding hydrogens is 495 g/mol. The fraction of sp³-hybridized carbons (Fsp3) is 0.286. The van der Waals surface area contributed by atoms with E-state index in [1.807, 2.05) is 0 Å². The number of fused-ring (bicyclic) bond motifs is 4. The molecule has 5 aromatic rings. The van der Waals surface area contributed by atoms with E-state index in [9.17, 15) is 0 Å². The van der Waals surface area contributed by atoms with Crippen LogP contribution < -0.4 is 5.32 Å². The molecule has 0 atom stereocenters. The molecule has 0 aliphatic heterocycles. The Balaban J connectivity index is 1.55. The van der Waals surface area contributed by atoms with Crippen LogP contribution in [0.1, 0.15) is 26.7 Å². The van der Waals surface area contributed by atoms with Crippen LogP contribution in [0, 0.1) is 0 Å². The highest BCUT2D eigenvalue weighted by Gasteiger charge is 2.17. The third-order valence-corrected chi connectivity index (χ3v) is 8.40. The molecular formula is C28H28Cl2N4S. The van der Waals surface area contributed by atoms with Gasteiger partial charge in [-0.25, -0.2) is 9.97 Å². The number of benzene rings is 3. The number of halogens is 2. The Kier molecular flexibility index (Phi) is 7.40. The second kappa shape index (κ2) is 10.7. The smallest absolute Gasteiger partial charge is 0.153 e. The van der Waals surface area contributed by atoms with Crippen molar-refractivity contribution in [2.45, 2.75) is 26.7 Å². The molecule has 0 saturated carbocycles. The summed E-state index contributed by atoms with van der Waals surface area (Å²) in [7, 11) is 0. The largest absolute Gasteiger partial charge is 0.368 e. The van der Waals surface area contributed by atoms with Crippen LogP contribution in [-0.4, -0.2) is 41.0 Å². The highest BCUT2D eigenvalue weighted by atomic mass is 35.5. The van der Waals surface area contributed by atoms with Crippen molar-refractivity contribution in [3.63, 3.8) is 0 Å². The number of nitrogens with one attached hydrogen (secondary N) is 1. The van der Waals surface area contributed by atoms with Crippen molar-refractivity contribution in [2.75, 3.05) is 31.5 Å². The fourth-order valence-corrected chi connectivity index (χ4v) is 6.04. The summed E-state index contributed by atoms with van der Waals surface area (Å²) >= 11 is 14.4. The van der Waals surface area contributed by atoms with E-state index < -0.39 is 0 Å². The number of unbranched alkanes of at least 4 members (excludes halogenated alkanes) is 1. The Morgan fingerprint density at radius 3 is 2.34 bits per heavy atom. The molecule has 0 aliphatic carbocycles. The number of aromatic nitrogens is 2. The van der Waals surface area contributed by atoms with E-state index in [2.05, 4.69) is 66.5 Å². The molecule has 0 bridgehead atoms. The molecule has 0 radical (unpaired) electrons. The van der Waals surface area contributed by atoms with Crippen molar-refractivity contribution >= 4 is 71.6 Å². The Bertz CT molecular complexity index is 1490. The summed E-state index contributed by atoms with van der Waals surface area (Å²) in [4.78, 5) is 12.5. The van der Waals surface area contributed by atoms with Gasteiger partial charge in [-0.05, 0) is 50.7 Å². The van der Waals surface area contributed by atoms with Gasteiger partial charge in [0.15, 0.2) is 5.82 Å². The summed E-state index contributed by atoms with van der Waals surface area (Å²) in [6.45, 7) is 8.55. The van der Waals surface area contributed by atoms with Crippen LogP contribution in [0.3, 0.4) is 0 Å². The van der Waals surface area contributed by atoms with Gasteiger partial charge in [-0.3, -0.25) is 0 Å². The Hall–Kier alpha value is -2.44. The molecule has 1 N–H and O–H groups in total. The minimum Gasteiger partial charge on any atom is -0.368 e. The van der Waals surface area contributed by atoms with Crippen LogP contribution in [0.2, 0.25) is 10.0 Å². The first-order valence-corrected chi connectivity index (χ1v) is 13.7. The van der Waals surface area contributed by atoms with E-state index in [4.69, 9.17) is 33.2 Å². The van der Waals surface area contributed by atoms with E-state index in [-0.39, 0.29) is 0 Å². The molecule has 4 nitrogen and oxygen atoms in total. The third kappa shape index (κ3) is 4.96. The first kappa shape index (κ1) is 24.3. The SMILES string of the molecule is CCN(CC)CCCCNc1nc2cc(Cl)c(Cl)cc2nc1-c1cccc2c1sc1ccccc12. The monoisotopic (exact) mass is 522 g/mol. The van der Waals surface area contributed by atoms with Crippen LogP contribution in [0.25, 0.3) is 42.5 Å². The highest BCUT2D eigenvalue weighted by molar-refractivity contribution is 7.26. The zero-order valence-electron chi connectivity index (χ0n) is 19.9. The van der Waals surface area contributed by atoms with Crippen LogP contribution in [0.15, 0.2) is 54.6 Å². The maximum Gasteiger partial charge on any atom is 0.153 e. The highest BCUT2D eigenvalue weighted by Crippen LogP contribution is 2.41. The van der Waals surface area contributed by atoms with Crippen LogP contribution in [0.5, 0.6) is 0 Å². The molecule has 2 aromatic heterocycles. The van der Waals surface area contributed by atoms with Crippen LogP contribution in [0.4, 0.5) is 5.82 Å². The van der Waals surface area contributed by atoms with Gasteiger partial charge in [-0.15, -0.1) is 11.3 Å². The van der Waals surface area contributed by atoms with Gasteiger partial charge in [0.1, 0.15) is 5.69 Å². The lowest BCUT2D eigenvalue weighted by Gasteiger charge is -2.18. The van der Waals surface area contributed by atoms with Gasteiger partial charge in [0, 0.05) is 32.3 Å². The minimum atomic E-state index is 0.483. The first-order chi connectivity index (χ1) is 17.1. The molecule has 2 heterocycles. The first-order valence-electron chi connectivity index (χ1n) is 12.1. The van der Waals surface area contributed by atoms with E-state index in [1.54, 1.807) is 23.5 Å². The lowest BCUT2D eigenvalue weighted by molar-refractivity contribution is 0.298. The zero-order chi connectivity index (χ0) is 24.4. The van der Waals surface area contributed by atoms with Crippen molar-refractivity contribution in [3.05, 3.63) is 64.6 Å². The molecule has 0 spiro atoms. The van der Waals surface area contributed by atoms with Gasteiger partial charge >= 0.3 is 0 Å². The normalized spacial score (nSPS) is 11.8. The molecule has 0 aliphatic rings. The molecule has 0 saturated heterocycles. The summed E-state index contributed by atoms with van der Waals surface area (Å²) in [5.74, 6) is 0.781. The Labute approximate surface area is 219 Å². The molecule has 35 heavy (non-hydrogen) atoms. The Morgan fingerprint density at radius 2 is 1.57 bits per heavy atom. The summed E-state index contributed by atoms with van der Waals surface area (Å²) in [5.41, 5.74) is 3.39. The lowest BCUT2D eigenvalue weighted by Crippen LogP contribution is -2.24. The second-order valence-corrected chi connectivity index (χ2v) is 10.5. The molecule has 0 unspecified atom stereocenters. The Morgan fingerprint density at radius 1 is 0.857 bits per heavy atom. The number of thiophene rings is 1. The molecule has 3 aromatic carbocycles. The van der Waals surface area contributed by atoms with E-state index in [0.717, 1.165) is 67.1 Å². The van der Waals surface area contributed by atoms with Gasteiger partial charge in [-0.1, -0.05) is 73.4 Å².